The lowest BCUT2D eigenvalue weighted by Crippen LogP contribution is -2.45. The Morgan fingerprint density at radius 1 is 0.833 bits per heavy atom. The van der Waals surface area contributed by atoms with Crippen molar-refractivity contribution in [2.24, 2.45) is 0 Å². The third kappa shape index (κ3) is 2.19. The summed E-state index contributed by atoms with van der Waals surface area (Å²) in [5.41, 5.74) is 3.92. The maximum absolute atomic E-state index is 12.7. The summed E-state index contributed by atoms with van der Waals surface area (Å²) in [6, 6.07) is 20.0. The van der Waals surface area contributed by atoms with Gasteiger partial charge in [0.25, 0.3) is 5.91 Å². The van der Waals surface area contributed by atoms with E-state index in [1.54, 1.807) is 4.90 Å². The largest absolute Gasteiger partial charge is 0.350 e. The number of aromatic nitrogens is 1. The minimum absolute atomic E-state index is 0.0566. The molecule has 3 aromatic rings. The van der Waals surface area contributed by atoms with Crippen molar-refractivity contribution in [3.63, 3.8) is 0 Å². The number of carbonyl (C=O) groups excluding carboxylic acids is 1. The van der Waals surface area contributed by atoms with Gasteiger partial charge in [-0.25, -0.2) is 0 Å². The molecule has 2 aromatic carbocycles. The van der Waals surface area contributed by atoms with Crippen LogP contribution in [-0.2, 0) is 0 Å². The van der Waals surface area contributed by atoms with E-state index in [1.165, 1.54) is 0 Å². The molecule has 1 atom stereocenters. The number of benzene rings is 2. The fourth-order valence-electron chi connectivity index (χ4n) is 3.43. The summed E-state index contributed by atoms with van der Waals surface area (Å²) < 4.78 is 2.09. The van der Waals surface area contributed by atoms with Crippen LogP contribution in [0.4, 0.5) is 5.69 Å². The van der Waals surface area contributed by atoms with E-state index < -0.39 is 0 Å². The molecular formula is C20H19N3O. The summed E-state index contributed by atoms with van der Waals surface area (Å²) in [5.74, 6) is 0.0566. The number of amides is 1. The zero-order valence-corrected chi connectivity index (χ0v) is 13.8. The summed E-state index contributed by atoms with van der Waals surface area (Å²) in [4.78, 5) is 16.7. The van der Waals surface area contributed by atoms with Gasteiger partial charge < -0.3 is 14.4 Å². The number of hydrogen-bond donors (Lipinski definition) is 0. The predicted molar refractivity (Wildman–Crippen MR) is 95.4 cm³/mol. The van der Waals surface area contributed by atoms with Gasteiger partial charge in [0.2, 0.25) is 0 Å². The van der Waals surface area contributed by atoms with Crippen molar-refractivity contribution in [3.8, 4) is 5.69 Å². The van der Waals surface area contributed by atoms with E-state index in [1.807, 2.05) is 62.8 Å². The van der Waals surface area contributed by atoms with Gasteiger partial charge in [-0.2, -0.15) is 0 Å². The summed E-state index contributed by atoms with van der Waals surface area (Å²) in [6.45, 7) is 0. The molecule has 4 heteroatoms. The van der Waals surface area contributed by atoms with Gasteiger partial charge >= 0.3 is 0 Å². The number of anilines is 1. The smallest absolute Gasteiger partial charge is 0.257 e. The second kappa shape index (κ2) is 5.57. The van der Waals surface area contributed by atoms with Gasteiger partial charge in [0.15, 0.2) is 0 Å². The molecule has 0 fully saturated rings. The van der Waals surface area contributed by atoms with E-state index in [0.29, 0.717) is 0 Å². The Hall–Kier alpha value is -3.01. The van der Waals surface area contributed by atoms with Crippen molar-refractivity contribution >= 4 is 11.6 Å². The Bertz CT molecular complexity index is 885. The molecule has 2 heterocycles. The molecule has 120 valence electrons. The maximum atomic E-state index is 12.7. The number of carbonyl (C=O) groups is 1. The maximum Gasteiger partial charge on any atom is 0.257 e. The first kappa shape index (κ1) is 14.6. The summed E-state index contributed by atoms with van der Waals surface area (Å²) >= 11 is 0. The Kier molecular flexibility index (Phi) is 3.38. The van der Waals surface area contributed by atoms with Crippen molar-refractivity contribution in [2.75, 3.05) is 19.0 Å². The van der Waals surface area contributed by atoms with Gasteiger partial charge in [0.05, 0.1) is 11.3 Å². The fourth-order valence-corrected chi connectivity index (χ4v) is 3.43. The Labute approximate surface area is 141 Å². The lowest BCUT2D eigenvalue weighted by atomic mass is 10.0. The van der Waals surface area contributed by atoms with E-state index in [0.717, 1.165) is 22.5 Å². The van der Waals surface area contributed by atoms with Crippen LogP contribution in [-0.4, -0.2) is 29.5 Å². The monoisotopic (exact) mass is 317 g/mol. The van der Waals surface area contributed by atoms with Gasteiger partial charge in [-0.05, 0) is 30.3 Å². The number of rotatable bonds is 2. The Morgan fingerprint density at radius 3 is 2.33 bits per heavy atom. The number of fused-ring (bicyclic) bond motifs is 1. The molecule has 0 spiro atoms. The zero-order valence-electron chi connectivity index (χ0n) is 13.8. The average molecular weight is 317 g/mol. The van der Waals surface area contributed by atoms with Crippen molar-refractivity contribution in [2.45, 2.75) is 6.17 Å². The van der Waals surface area contributed by atoms with Gasteiger partial charge in [0, 0.05) is 37.7 Å². The van der Waals surface area contributed by atoms with Gasteiger partial charge in [-0.1, -0.05) is 30.3 Å². The summed E-state index contributed by atoms with van der Waals surface area (Å²) in [5, 5.41) is 0. The third-order valence-electron chi connectivity index (χ3n) is 4.64. The molecule has 1 aromatic heterocycles. The van der Waals surface area contributed by atoms with Gasteiger partial charge in [-0.15, -0.1) is 0 Å². The highest BCUT2D eigenvalue weighted by atomic mass is 16.2. The van der Waals surface area contributed by atoms with Gasteiger partial charge in [0.1, 0.15) is 6.17 Å². The topological polar surface area (TPSA) is 28.5 Å². The molecular weight excluding hydrogens is 298 g/mol. The molecule has 4 rings (SSSR count). The molecule has 0 aliphatic carbocycles. The van der Waals surface area contributed by atoms with Gasteiger partial charge in [-0.3, -0.25) is 4.79 Å². The molecule has 0 radical (unpaired) electrons. The normalized spacial score (nSPS) is 17.1. The van der Waals surface area contributed by atoms with Crippen LogP contribution in [0, 0.1) is 0 Å². The van der Waals surface area contributed by atoms with E-state index in [4.69, 9.17) is 0 Å². The van der Waals surface area contributed by atoms with Crippen molar-refractivity contribution in [1.29, 1.82) is 0 Å². The number of hydrogen-bond acceptors (Lipinski definition) is 2. The number of para-hydroxylation sites is 2. The van der Waals surface area contributed by atoms with E-state index in [9.17, 15) is 4.79 Å². The molecule has 0 saturated carbocycles. The summed E-state index contributed by atoms with van der Waals surface area (Å²) in [6.07, 6.45) is 4.02. The molecule has 4 nitrogen and oxygen atoms in total. The lowest BCUT2D eigenvalue weighted by Gasteiger charge is -2.41. The molecule has 1 amide bonds. The standard InChI is InChI=1S/C20H19N3O/c1-21-18-11-7-6-10-17(18)20(24)22(2)19(21)15-12-13-23(14-15)16-8-4-3-5-9-16/h3-14,19H,1-2H3/t19-/m0/s1. The SMILES string of the molecule is CN1C(=O)c2ccccc2N(C)[C@@H]1c1ccn(-c2ccccc2)c1. The highest BCUT2D eigenvalue weighted by molar-refractivity contribution is 6.01. The molecule has 24 heavy (non-hydrogen) atoms. The van der Waals surface area contributed by atoms with Crippen LogP contribution in [0.5, 0.6) is 0 Å². The third-order valence-corrected chi connectivity index (χ3v) is 4.64. The van der Waals surface area contributed by atoms with Crippen molar-refractivity contribution in [3.05, 3.63) is 84.2 Å². The average Bonchev–Trinajstić information content (AvgIpc) is 3.10. The first-order chi connectivity index (χ1) is 11.7. The van der Waals surface area contributed by atoms with E-state index in [-0.39, 0.29) is 12.1 Å². The highest BCUT2D eigenvalue weighted by Gasteiger charge is 2.34. The van der Waals surface area contributed by atoms with E-state index >= 15 is 0 Å². The Morgan fingerprint density at radius 2 is 1.54 bits per heavy atom. The molecule has 1 aliphatic heterocycles. The second-order valence-electron chi connectivity index (χ2n) is 6.11. The van der Waals surface area contributed by atoms with Crippen LogP contribution in [0.15, 0.2) is 73.1 Å². The van der Waals surface area contributed by atoms with Crippen LogP contribution >= 0.6 is 0 Å². The summed E-state index contributed by atoms with van der Waals surface area (Å²) in [7, 11) is 3.89. The molecule has 0 bridgehead atoms. The molecule has 1 aliphatic rings. The van der Waals surface area contributed by atoms with Crippen LogP contribution < -0.4 is 4.90 Å². The van der Waals surface area contributed by atoms with Crippen molar-refractivity contribution in [1.82, 2.24) is 9.47 Å². The lowest BCUT2D eigenvalue weighted by molar-refractivity contribution is 0.0711. The zero-order chi connectivity index (χ0) is 16.7. The minimum Gasteiger partial charge on any atom is -0.350 e. The fraction of sp³-hybridized carbons (Fsp3) is 0.150. The van der Waals surface area contributed by atoms with Crippen molar-refractivity contribution < 1.29 is 4.79 Å². The first-order valence-electron chi connectivity index (χ1n) is 7.99. The van der Waals surface area contributed by atoms with Crippen LogP contribution in [0.25, 0.3) is 5.69 Å². The molecule has 0 unspecified atom stereocenters. The molecule has 0 saturated heterocycles. The molecule has 0 N–H and O–H groups in total. The Balaban J connectivity index is 1.75. The van der Waals surface area contributed by atoms with Crippen LogP contribution in [0.2, 0.25) is 0 Å². The second-order valence-corrected chi connectivity index (χ2v) is 6.11. The predicted octanol–water partition coefficient (Wildman–Crippen LogP) is 3.70. The first-order valence-corrected chi connectivity index (χ1v) is 7.99. The van der Waals surface area contributed by atoms with E-state index in [2.05, 4.69) is 33.9 Å². The highest BCUT2D eigenvalue weighted by Crippen LogP contribution is 2.36. The van der Waals surface area contributed by atoms with Crippen LogP contribution in [0.1, 0.15) is 22.1 Å². The minimum atomic E-state index is -0.114. The van der Waals surface area contributed by atoms with Crippen LogP contribution in [0.3, 0.4) is 0 Å². The number of nitrogens with zero attached hydrogens (tertiary/aromatic N) is 3. The quantitative estimate of drug-likeness (QED) is 0.721.